The molecular formula is C19H25ClN4O3S. The van der Waals surface area contributed by atoms with Crippen LogP contribution in [0.1, 0.15) is 20.3 Å². The van der Waals surface area contributed by atoms with E-state index in [-0.39, 0.29) is 10.8 Å². The Labute approximate surface area is 170 Å². The Bertz CT molecular complexity index is 968. The molecule has 0 unspecified atom stereocenters. The summed E-state index contributed by atoms with van der Waals surface area (Å²) in [4.78, 5) is 14.6. The number of sulfonamides is 1. The van der Waals surface area contributed by atoms with Crippen molar-refractivity contribution in [2.75, 3.05) is 36.8 Å². The number of hydrogen-bond acceptors (Lipinski definition) is 5. The van der Waals surface area contributed by atoms with E-state index in [2.05, 4.69) is 5.10 Å². The lowest BCUT2D eigenvalue weighted by molar-refractivity contribution is 0.382. The summed E-state index contributed by atoms with van der Waals surface area (Å²) in [6.45, 7) is 5.71. The maximum Gasteiger partial charge on any atom is 0.292 e. The Balaban J connectivity index is 1.73. The summed E-state index contributed by atoms with van der Waals surface area (Å²) in [5.74, 6) is 0.511. The molecule has 9 heteroatoms. The van der Waals surface area contributed by atoms with Crippen molar-refractivity contribution in [3.05, 3.63) is 51.9 Å². The molecule has 0 amide bonds. The molecule has 0 bridgehead atoms. The number of piperazine rings is 1. The molecule has 0 saturated carbocycles. The second-order valence-corrected chi connectivity index (χ2v) is 9.75. The molecule has 7 nitrogen and oxygen atoms in total. The van der Waals surface area contributed by atoms with Gasteiger partial charge in [0.15, 0.2) is 0 Å². The minimum Gasteiger partial charge on any atom is -0.366 e. The lowest BCUT2D eigenvalue weighted by Gasteiger charge is -2.35. The zero-order valence-electron chi connectivity index (χ0n) is 16.1. The maximum atomic E-state index is 12.6. The van der Waals surface area contributed by atoms with Crippen LogP contribution < -0.4 is 10.5 Å². The first-order chi connectivity index (χ1) is 13.3. The van der Waals surface area contributed by atoms with Gasteiger partial charge in [-0.25, -0.2) is 8.42 Å². The summed E-state index contributed by atoms with van der Waals surface area (Å²) in [5, 5.41) is 4.34. The molecule has 0 N–H and O–H groups in total. The van der Waals surface area contributed by atoms with Crippen LogP contribution in [0.5, 0.6) is 0 Å². The standard InChI is InChI=1S/C19H25ClN4O3S/c1-15(2)8-13-28(26,27)23-11-9-22(10-12-23)17-14-21-24(19(25)18(17)20)16-6-4-3-5-7-16/h3-7,14-15H,8-13H2,1-2H3. The van der Waals surface area contributed by atoms with Crippen molar-refractivity contribution in [2.45, 2.75) is 20.3 Å². The Morgan fingerprint density at radius 1 is 1.11 bits per heavy atom. The third kappa shape index (κ3) is 4.56. The van der Waals surface area contributed by atoms with Gasteiger partial charge < -0.3 is 4.90 Å². The van der Waals surface area contributed by atoms with Gasteiger partial charge in [-0.2, -0.15) is 14.1 Å². The molecule has 2 aromatic rings. The van der Waals surface area contributed by atoms with Crippen LogP contribution >= 0.6 is 11.6 Å². The third-order valence-corrected chi connectivity index (χ3v) is 7.09. The van der Waals surface area contributed by atoms with Gasteiger partial charge in [0.1, 0.15) is 5.02 Å². The average Bonchev–Trinajstić information content (AvgIpc) is 2.69. The van der Waals surface area contributed by atoms with Gasteiger partial charge in [0.05, 0.1) is 23.3 Å². The van der Waals surface area contributed by atoms with E-state index in [1.54, 1.807) is 18.3 Å². The molecular weight excluding hydrogens is 400 g/mol. The van der Waals surface area contributed by atoms with Gasteiger partial charge in [-0.1, -0.05) is 43.6 Å². The van der Waals surface area contributed by atoms with E-state index < -0.39 is 15.6 Å². The van der Waals surface area contributed by atoms with Gasteiger partial charge in [-0.3, -0.25) is 4.79 Å². The Kier molecular flexibility index (Phi) is 6.42. The minimum atomic E-state index is -3.25. The zero-order valence-corrected chi connectivity index (χ0v) is 17.7. The number of anilines is 1. The van der Waals surface area contributed by atoms with Gasteiger partial charge in [-0.05, 0) is 24.5 Å². The predicted molar refractivity (Wildman–Crippen MR) is 112 cm³/mol. The number of rotatable bonds is 6. The van der Waals surface area contributed by atoms with Gasteiger partial charge in [0.2, 0.25) is 10.0 Å². The lowest BCUT2D eigenvalue weighted by atomic mass is 10.2. The summed E-state index contributed by atoms with van der Waals surface area (Å²) < 4.78 is 27.7. The Morgan fingerprint density at radius 3 is 2.36 bits per heavy atom. The van der Waals surface area contributed by atoms with Gasteiger partial charge in [0.25, 0.3) is 5.56 Å². The number of nitrogens with zero attached hydrogens (tertiary/aromatic N) is 4. The van der Waals surface area contributed by atoms with E-state index in [9.17, 15) is 13.2 Å². The van der Waals surface area contributed by atoms with Crippen LogP contribution in [-0.4, -0.2) is 54.4 Å². The predicted octanol–water partition coefficient (Wildman–Crippen LogP) is 2.38. The van der Waals surface area contributed by atoms with Gasteiger partial charge >= 0.3 is 0 Å². The van der Waals surface area contributed by atoms with E-state index in [1.807, 2.05) is 36.9 Å². The second kappa shape index (κ2) is 8.63. The summed E-state index contributed by atoms with van der Waals surface area (Å²) >= 11 is 6.35. The lowest BCUT2D eigenvalue weighted by Crippen LogP contribution is -2.49. The molecule has 28 heavy (non-hydrogen) atoms. The van der Waals surface area contributed by atoms with Crippen molar-refractivity contribution in [1.29, 1.82) is 0 Å². The molecule has 2 heterocycles. The van der Waals surface area contributed by atoms with Crippen molar-refractivity contribution >= 4 is 27.3 Å². The molecule has 0 radical (unpaired) electrons. The quantitative estimate of drug-likeness (QED) is 0.711. The first-order valence-corrected chi connectivity index (χ1v) is 11.3. The molecule has 1 aromatic carbocycles. The van der Waals surface area contributed by atoms with Crippen molar-refractivity contribution in [3.8, 4) is 5.69 Å². The summed E-state index contributed by atoms with van der Waals surface area (Å²) in [6, 6.07) is 9.07. The van der Waals surface area contributed by atoms with E-state index in [0.29, 0.717) is 49.9 Å². The molecule has 1 aliphatic heterocycles. The number of aromatic nitrogens is 2. The van der Waals surface area contributed by atoms with Crippen LogP contribution in [0.2, 0.25) is 5.02 Å². The monoisotopic (exact) mass is 424 g/mol. The van der Waals surface area contributed by atoms with Crippen molar-refractivity contribution in [1.82, 2.24) is 14.1 Å². The minimum absolute atomic E-state index is 0.0926. The van der Waals surface area contributed by atoms with E-state index in [1.165, 1.54) is 8.99 Å². The molecule has 1 aliphatic rings. The van der Waals surface area contributed by atoms with Gasteiger partial charge in [-0.15, -0.1) is 0 Å². The second-order valence-electron chi connectivity index (χ2n) is 7.28. The molecule has 1 fully saturated rings. The van der Waals surface area contributed by atoms with Crippen molar-refractivity contribution < 1.29 is 8.42 Å². The smallest absolute Gasteiger partial charge is 0.292 e. The molecule has 0 spiro atoms. The summed E-state index contributed by atoms with van der Waals surface area (Å²) in [6.07, 6.45) is 2.22. The van der Waals surface area contributed by atoms with Crippen LogP contribution in [0.4, 0.5) is 5.69 Å². The SMILES string of the molecule is CC(C)CCS(=O)(=O)N1CCN(c2cnn(-c3ccccc3)c(=O)c2Cl)CC1. The van der Waals surface area contributed by atoms with E-state index in [4.69, 9.17) is 11.6 Å². The highest BCUT2D eigenvalue weighted by Crippen LogP contribution is 2.24. The van der Waals surface area contributed by atoms with Crippen molar-refractivity contribution in [3.63, 3.8) is 0 Å². The number of para-hydroxylation sites is 1. The highest BCUT2D eigenvalue weighted by Gasteiger charge is 2.28. The summed E-state index contributed by atoms with van der Waals surface area (Å²) in [5.41, 5.74) is 0.789. The van der Waals surface area contributed by atoms with Crippen LogP contribution in [-0.2, 0) is 10.0 Å². The summed E-state index contributed by atoms with van der Waals surface area (Å²) in [7, 11) is -3.25. The molecule has 1 saturated heterocycles. The molecule has 1 aromatic heterocycles. The third-order valence-electron chi connectivity index (χ3n) is 4.83. The van der Waals surface area contributed by atoms with Gasteiger partial charge in [0, 0.05) is 26.2 Å². The van der Waals surface area contributed by atoms with Crippen molar-refractivity contribution in [2.24, 2.45) is 5.92 Å². The maximum absolute atomic E-state index is 12.6. The first-order valence-electron chi connectivity index (χ1n) is 9.35. The highest BCUT2D eigenvalue weighted by atomic mass is 35.5. The fourth-order valence-electron chi connectivity index (χ4n) is 3.12. The van der Waals surface area contributed by atoms with Crippen LogP contribution in [0.15, 0.2) is 41.3 Å². The largest absolute Gasteiger partial charge is 0.366 e. The van der Waals surface area contributed by atoms with Crippen LogP contribution in [0, 0.1) is 5.92 Å². The zero-order chi connectivity index (χ0) is 20.3. The number of halogens is 1. The van der Waals surface area contributed by atoms with Crippen LogP contribution in [0.3, 0.4) is 0 Å². The number of hydrogen-bond donors (Lipinski definition) is 0. The Hall–Kier alpha value is -1.90. The normalized spacial score (nSPS) is 15.9. The fraction of sp³-hybridized carbons (Fsp3) is 0.474. The number of benzene rings is 1. The van der Waals surface area contributed by atoms with Crippen LogP contribution in [0.25, 0.3) is 5.69 Å². The average molecular weight is 425 g/mol. The first kappa shape index (κ1) is 20.8. The molecule has 0 aliphatic carbocycles. The van der Waals surface area contributed by atoms with E-state index >= 15 is 0 Å². The van der Waals surface area contributed by atoms with E-state index in [0.717, 1.165) is 0 Å². The molecule has 3 rings (SSSR count). The molecule has 152 valence electrons. The Morgan fingerprint density at radius 2 is 1.75 bits per heavy atom. The highest BCUT2D eigenvalue weighted by molar-refractivity contribution is 7.89. The fourth-order valence-corrected chi connectivity index (χ4v) is 5.11. The topological polar surface area (TPSA) is 75.5 Å². The molecule has 0 atom stereocenters.